The molecule has 0 unspecified atom stereocenters. The van der Waals surface area contributed by atoms with Gasteiger partial charge in [-0.25, -0.2) is 0 Å². The van der Waals surface area contributed by atoms with Crippen molar-refractivity contribution in [1.82, 2.24) is 5.32 Å². The summed E-state index contributed by atoms with van der Waals surface area (Å²) < 4.78 is 5.14. The number of anilines is 1. The molecule has 2 rings (SSSR count). The van der Waals surface area contributed by atoms with Gasteiger partial charge in [-0.3, -0.25) is 19.7 Å². The average molecular weight is 378 g/mol. The molecule has 0 saturated carbocycles. The minimum absolute atomic E-state index is 0.0826. The third-order valence-corrected chi connectivity index (χ3v) is 3.71. The predicted molar refractivity (Wildman–Crippen MR) is 96.7 cm³/mol. The summed E-state index contributed by atoms with van der Waals surface area (Å²) in [6.07, 6.45) is 0. The number of nitrogens with zero attached hydrogens (tertiary/aromatic N) is 1. The molecule has 0 aliphatic heterocycles. The molecule has 0 fully saturated rings. The van der Waals surface area contributed by atoms with E-state index >= 15 is 0 Å². The van der Waals surface area contributed by atoms with Crippen molar-refractivity contribution in [2.24, 2.45) is 0 Å². The van der Waals surface area contributed by atoms with Crippen LogP contribution in [0.15, 0.2) is 42.5 Å². The van der Waals surface area contributed by atoms with Crippen LogP contribution >= 0.6 is 11.6 Å². The quantitative estimate of drug-likeness (QED) is 0.593. The van der Waals surface area contributed by atoms with Gasteiger partial charge in [0.25, 0.3) is 11.6 Å². The summed E-state index contributed by atoms with van der Waals surface area (Å²) in [5.41, 5.74) is 0.235. The SMILES string of the molecule is COc1ccc(Cl)cc1NC(=O)[C@H](C)NC(=O)c1cccc([N+](=O)[O-])c1. The van der Waals surface area contributed by atoms with E-state index in [1.54, 1.807) is 12.1 Å². The molecule has 0 aliphatic rings. The van der Waals surface area contributed by atoms with Gasteiger partial charge in [-0.05, 0) is 31.2 Å². The Balaban J connectivity index is 2.07. The fourth-order valence-electron chi connectivity index (χ4n) is 2.13. The Kier molecular flexibility index (Phi) is 6.13. The first-order valence-electron chi connectivity index (χ1n) is 7.51. The lowest BCUT2D eigenvalue weighted by atomic mass is 10.1. The van der Waals surface area contributed by atoms with Crippen LogP contribution in [0.3, 0.4) is 0 Å². The maximum absolute atomic E-state index is 12.3. The second-order valence-electron chi connectivity index (χ2n) is 5.34. The van der Waals surface area contributed by atoms with E-state index in [4.69, 9.17) is 16.3 Å². The normalized spacial score (nSPS) is 11.3. The second kappa shape index (κ2) is 8.30. The number of nitrogens with one attached hydrogen (secondary N) is 2. The van der Waals surface area contributed by atoms with Crippen molar-refractivity contribution in [3.8, 4) is 5.75 Å². The molecule has 2 aromatic carbocycles. The van der Waals surface area contributed by atoms with E-state index in [0.717, 1.165) is 6.07 Å². The molecule has 8 nitrogen and oxygen atoms in total. The van der Waals surface area contributed by atoms with Gasteiger partial charge >= 0.3 is 0 Å². The van der Waals surface area contributed by atoms with Crippen LogP contribution in [0.4, 0.5) is 11.4 Å². The van der Waals surface area contributed by atoms with E-state index in [1.165, 1.54) is 38.3 Å². The summed E-state index contributed by atoms with van der Waals surface area (Å²) in [4.78, 5) is 34.7. The molecule has 0 radical (unpaired) electrons. The average Bonchev–Trinajstić information content (AvgIpc) is 2.61. The number of carbonyl (C=O) groups excluding carboxylic acids is 2. The lowest BCUT2D eigenvalue weighted by Gasteiger charge is -2.16. The van der Waals surface area contributed by atoms with Gasteiger partial charge in [0.2, 0.25) is 5.91 Å². The zero-order chi connectivity index (χ0) is 19.3. The van der Waals surface area contributed by atoms with Gasteiger partial charge < -0.3 is 15.4 Å². The fraction of sp³-hybridized carbons (Fsp3) is 0.176. The van der Waals surface area contributed by atoms with Crippen molar-refractivity contribution >= 4 is 34.8 Å². The molecule has 26 heavy (non-hydrogen) atoms. The van der Waals surface area contributed by atoms with Crippen molar-refractivity contribution in [2.75, 3.05) is 12.4 Å². The number of nitro benzene ring substituents is 1. The summed E-state index contributed by atoms with van der Waals surface area (Å²) in [6, 6.07) is 9.08. The number of methoxy groups -OCH3 is 1. The zero-order valence-electron chi connectivity index (χ0n) is 14.0. The molecule has 2 amide bonds. The van der Waals surface area contributed by atoms with E-state index in [2.05, 4.69) is 10.6 Å². The zero-order valence-corrected chi connectivity index (χ0v) is 14.7. The van der Waals surface area contributed by atoms with Crippen molar-refractivity contribution in [2.45, 2.75) is 13.0 Å². The third-order valence-electron chi connectivity index (χ3n) is 3.48. The van der Waals surface area contributed by atoms with Crippen LogP contribution in [-0.4, -0.2) is 29.9 Å². The predicted octanol–water partition coefficient (Wildman–Crippen LogP) is 3.01. The van der Waals surface area contributed by atoms with Gasteiger partial charge in [0.15, 0.2) is 0 Å². The molecule has 0 bridgehead atoms. The lowest BCUT2D eigenvalue weighted by molar-refractivity contribution is -0.384. The maximum Gasteiger partial charge on any atom is 0.270 e. The summed E-state index contributed by atoms with van der Waals surface area (Å²) in [6.45, 7) is 1.49. The van der Waals surface area contributed by atoms with E-state index in [9.17, 15) is 19.7 Å². The molecule has 2 N–H and O–H groups in total. The topological polar surface area (TPSA) is 111 Å². The molecular weight excluding hydrogens is 362 g/mol. The summed E-state index contributed by atoms with van der Waals surface area (Å²) in [5.74, 6) is -0.682. The van der Waals surface area contributed by atoms with Crippen molar-refractivity contribution < 1.29 is 19.2 Å². The number of rotatable bonds is 6. The number of halogens is 1. The molecule has 1 atom stereocenters. The molecule has 0 heterocycles. The molecule has 0 aromatic heterocycles. The highest BCUT2D eigenvalue weighted by Crippen LogP contribution is 2.27. The highest BCUT2D eigenvalue weighted by molar-refractivity contribution is 6.31. The Labute approximate surface area is 154 Å². The van der Waals surface area contributed by atoms with Gasteiger partial charge in [-0.1, -0.05) is 17.7 Å². The van der Waals surface area contributed by atoms with Gasteiger partial charge in [-0.2, -0.15) is 0 Å². The standard InChI is InChI=1S/C17H16ClN3O5/c1-10(16(22)20-14-9-12(18)6-7-15(14)26-2)19-17(23)11-4-3-5-13(8-11)21(24)25/h3-10H,1-2H3,(H,19,23)(H,20,22)/t10-/m0/s1. The highest BCUT2D eigenvalue weighted by Gasteiger charge is 2.19. The van der Waals surface area contributed by atoms with E-state index < -0.39 is 22.8 Å². The van der Waals surface area contributed by atoms with Crippen LogP contribution in [0.5, 0.6) is 5.75 Å². The van der Waals surface area contributed by atoms with E-state index in [1.807, 2.05) is 0 Å². The van der Waals surface area contributed by atoms with Crippen molar-refractivity contribution in [3.63, 3.8) is 0 Å². The van der Waals surface area contributed by atoms with E-state index in [-0.39, 0.29) is 11.3 Å². The van der Waals surface area contributed by atoms with Gasteiger partial charge in [0.05, 0.1) is 17.7 Å². The Morgan fingerprint density at radius 2 is 1.96 bits per heavy atom. The Morgan fingerprint density at radius 3 is 2.62 bits per heavy atom. The molecule has 0 aliphatic carbocycles. The van der Waals surface area contributed by atoms with Gasteiger partial charge in [0, 0.05) is 22.7 Å². The highest BCUT2D eigenvalue weighted by atomic mass is 35.5. The first-order valence-corrected chi connectivity index (χ1v) is 7.89. The molecule has 0 spiro atoms. The number of nitro groups is 1. The Hall–Kier alpha value is -3.13. The maximum atomic E-state index is 12.3. The third kappa shape index (κ3) is 4.70. The monoisotopic (exact) mass is 377 g/mol. The molecule has 9 heteroatoms. The second-order valence-corrected chi connectivity index (χ2v) is 5.77. The minimum atomic E-state index is -0.898. The number of amides is 2. The molecular formula is C17H16ClN3O5. The van der Waals surface area contributed by atoms with Crippen LogP contribution < -0.4 is 15.4 Å². The number of benzene rings is 2. The number of carbonyl (C=O) groups is 2. The van der Waals surface area contributed by atoms with Crippen LogP contribution in [-0.2, 0) is 4.79 Å². The molecule has 0 saturated heterocycles. The van der Waals surface area contributed by atoms with Crippen molar-refractivity contribution in [3.05, 3.63) is 63.2 Å². The first-order chi connectivity index (χ1) is 12.3. The van der Waals surface area contributed by atoms with Crippen LogP contribution in [0, 0.1) is 10.1 Å². The number of non-ortho nitro benzene ring substituents is 1. The lowest BCUT2D eigenvalue weighted by Crippen LogP contribution is -2.41. The first kappa shape index (κ1) is 19.2. The fourth-order valence-corrected chi connectivity index (χ4v) is 2.30. The van der Waals surface area contributed by atoms with E-state index in [0.29, 0.717) is 16.5 Å². The Morgan fingerprint density at radius 1 is 1.23 bits per heavy atom. The Bertz CT molecular complexity index is 856. The summed E-state index contributed by atoms with van der Waals surface area (Å²) >= 11 is 5.91. The van der Waals surface area contributed by atoms with Gasteiger partial charge in [-0.15, -0.1) is 0 Å². The van der Waals surface area contributed by atoms with Crippen LogP contribution in [0.2, 0.25) is 5.02 Å². The van der Waals surface area contributed by atoms with Gasteiger partial charge in [0.1, 0.15) is 11.8 Å². The summed E-state index contributed by atoms with van der Waals surface area (Å²) in [5, 5.41) is 16.3. The van der Waals surface area contributed by atoms with Crippen molar-refractivity contribution in [1.29, 1.82) is 0 Å². The minimum Gasteiger partial charge on any atom is -0.495 e. The molecule has 2 aromatic rings. The van der Waals surface area contributed by atoms with Crippen LogP contribution in [0.1, 0.15) is 17.3 Å². The van der Waals surface area contributed by atoms with Crippen LogP contribution in [0.25, 0.3) is 0 Å². The number of hydrogen-bond acceptors (Lipinski definition) is 5. The number of ether oxygens (including phenoxy) is 1. The molecule has 136 valence electrons. The number of hydrogen-bond donors (Lipinski definition) is 2. The smallest absolute Gasteiger partial charge is 0.270 e. The largest absolute Gasteiger partial charge is 0.495 e. The summed E-state index contributed by atoms with van der Waals surface area (Å²) in [7, 11) is 1.45.